The second-order valence-electron chi connectivity index (χ2n) is 6.44. The van der Waals surface area contributed by atoms with Crippen LogP contribution in [0.15, 0.2) is 70.5 Å². The summed E-state index contributed by atoms with van der Waals surface area (Å²) >= 11 is 1.71. The van der Waals surface area contributed by atoms with E-state index in [2.05, 4.69) is 12.1 Å². The van der Waals surface area contributed by atoms with Crippen LogP contribution >= 0.6 is 11.8 Å². The molecule has 1 aliphatic rings. The van der Waals surface area contributed by atoms with E-state index in [1.165, 1.54) is 0 Å². The number of rotatable bonds is 2. The van der Waals surface area contributed by atoms with Crippen LogP contribution in [0.3, 0.4) is 0 Å². The largest absolute Gasteiger partial charge is 0.497 e. The van der Waals surface area contributed by atoms with Crippen LogP contribution in [0.4, 0.5) is 0 Å². The fourth-order valence-electron chi connectivity index (χ4n) is 3.85. The first-order valence-electron chi connectivity index (χ1n) is 8.30. The van der Waals surface area contributed by atoms with Crippen molar-refractivity contribution in [1.29, 1.82) is 0 Å². The third-order valence-electron chi connectivity index (χ3n) is 4.88. The molecule has 0 spiro atoms. The summed E-state index contributed by atoms with van der Waals surface area (Å²) in [4.78, 5) is 2.19. The lowest BCUT2D eigenvalue weighted by atomic mass is 9.76. The van der Waals surface area contributed by atoms with Crippen LogP contribution in [0.1, 0.15) is 27.8 Å². The molecular weight excluding hydrogens is 328 g/mol. The molecule has 4 rings (SSSR count). The van der Waals surface area contributed by atoms with E-state index in [4.69, 9.17) is 4.74 Å². The molecule has 3 aromatic carbocycles. The molecule has 0 radical (unpaired) electrons. The van der Waals surface area contributed by atoms with Crippen molar-refractivity contribution >= 4 is 11.8 Å². The SMILES string of the molecule is COc1cc(C)c(C2(O)c3ccccc3Sc3ccccc32)c(C)c1. The highest BCUT2D eigenvalue weighted by Gasteiger charge is 2.42. The lowest BCUT2D eigenvalue weighted by molar-refractivity contribution is 0.117. The number of hydrogen-bond donors (Lipinski definition) is 1. The topological polar surface area (TPSA) is 29.5 Å². The highest BCUT2D eigenvalue weighted by molar-refractivity contribution is 7.99. The van der Waals surface area contributed by atoms with E-state index in [0.29, 0.717) is 0 Å². The maximum atomic E-state index is 12.1. The second-order valence-corrected chi connectivity index (χ2v) is 7.52. The molecule has 0 amide bonds. The smallest absolute Gasteiger partial charge is 0.143 e. The van der Waals surface area contributed by atoms with Crippen LogP contribution in [-0.2, 0) is 5.60 Å². The Hall–Kier alpha value is -2.23. The molecular formula is C22H20O2S. The first kappa shape index (κ1) is 16.2. The van der Waals surface area contributed by atoms with E-state index in [1.807, 2.05) is 62.4 Å². The third-order valence-corrected chi connectivity index (χ3v) is 6.03. The van der Waals surface area contributed by atoms with Gasteiger partial charge in [-0.05, 0) is 54.8 Å². The Kier molecular flexibility index (Phi) is 3.86. The first-order chi connectivity index (χ1) is 12.1. The lowest BCUT2D eigenvalue weighted by Gasteiger charge is -2.38. The number of benzene rings is 3. The van der Waals surface area contributed by atoms with Crippen molar-refractivity contribution in [3.63, 3.8) is 0 Å². The van der Waals surface area contributed by atoms with Crippen LogP contribution in [-0.4, -0.2) is 12.2 Å². The lowest BCUT2D eigenvalue weighted by Crippen LogP contribution is -2.33. The molecule has 0 atom stereocenters. The van der Waals surface area contributed by atoms with E-state index in [9.17, 15) is 5.11 Å². The van der Waals surface area contributed by atoms with Gasteiger partial charge in [-0.3, -0.25) is 0 Å². The Bertz CT molecular complexity index is 893. The Morgan fingerprint density at radius 3 is 1.80 bits per heavy atom. The molecule has 3 aromatic rings. The van der Waals surface area contributed by atoms with Crippen LogP contribution in [0, 0.1) is 13.8 Å². The van der Waals surface area contributed by atoms with Crippen molar-refractivity contribution < 1.29 is 9.84 Å². The Labute approximate surface area is 152 Å². The van der Waals surface area contributed by atoms with E-state index < -0.39 is 5.60 Å². The van der Waals surface area contributed by atoms with E-state index in [-0.39, 0.29) is 0 Å². The summed E-state index contributed by atoms with van der Waals surface area (Å²) in [5, 5.41) is 12.1. The molecule has 0 bridgehead atoms. The molecule has 2 nitrogen and oxygen atoms in total. The average molecular weight is 348 g/mol. The predicted molar refractivity (Wildman–Crippen MR) is 102 cm³/mol. The quantitative estimate of drug-likeness (QED) is 0.702. The fraction of sp³-hybridized carbons (Fsp3) is 0.182. The number of fused-ring (bicyclic) bond motifs is 2. The van der Waals surface area contributed by atoms with Gasteiger partial charge in [-0.15, -0.1) is 0 Å². The van der Waals surface area contributed by atoms with Gasteiger partial charge in [0.2, 0.25) is 0 Å². The number of ether oxygens (including phenoxy) is 1. The molecule has 1 aliphatic heterocycles. The van der Waals surface area contributed by atoms with Crippen LogP contribution in [0.25, 0.3) is 0 Å². The van der Waals surface area contributed by atoms with Gasteiger partial charge in [0, 0.05) is 20.9 Å². The van der Waals surface area contributed by atoms with Crippen molar-refractivity contribution in [3.05, 3.63) is 88.5 Å². The molecule has 126 valence electrons. The molecule has 1 N–H and O–H groups in total. The summed E-state index contributed by atoms with van der Waals surface area (Å²) in [6.07, 6.45) is 0. The number of hydrogen-bond acceptors (Lipinski definition) is 3. The molecule has 3 heteroatoms. The van der Waals surface area contributed by atoms with Crippen molar-refractivity contribution in [2.45, 2.75) is 29.2 Å². The summed E-state index contributed by atoms with van der Waals surface area (Å²) in [6.45, 7) is 4.07. The number of aryl methyl sites for hydroxylation is 2. The van der Waals surface area contributed by atoms with Gasteiger partial charge in [-0.2, -0.15) is 0 Å². The maximum absolute atomic E-state index is 12.1. The van der Waals surface area contributed by atoms with Crippen molar-refractivity contribution in [3.8, 4) is 5.75 Å². The molecule has 0 aliphatic carbocycles. The summed E-state index contributed by atoms with van der Waals surface area (Å²) in [6, 6.07) is 20.2. The minimum absolute atomic E-state index is 0.814. The monoisotopic (exact) mass is 348 g/mol. The molecule has 0 saturated carbocycles. The molecule has 1 heterocycles. The zero-order valence-electron chi connectivity index (χ0n) is 14.5. The summed E-state index contributed by atoms with van der Waals surface area (Å²) in [5.74, 6) is 0.814. The normalized spacial score (nSPS) is 14.6. The van der Waals surface area contributed by atoms with Crippen molar-refractivity contribution in [2.24, 2.45) is 0 Å². The van der Waals surface area contributed by atoms with Gasteiger partial charge in [-0.1, -0.05) is 48.2 Å². The third kappa shape index (κ3) is 2.38. The van der Waals surface area contributed by atoms with E-state index in [1.54, 1.807) is 18.9 Å². The zero-order chi connectivity index (χ0) is 17.6. The van der Waals surface area contributed by atoms with E-state index >= 15 is 0 Å². The van der Waals surface area contributed by atoms with Crippen molar-refractivity contribution in [2.75, 3.05) is 7.11 Å². The van der Waals surface area contributed by atoms with Gasteiger partial charge < -0.3 is 9.84 Å². The minimum Gasteiger partial charge on any atom is -0.497 e. The molecule has 0 aromatic heterocycles. The zero-order valence-corrected chi connectivity index (χ0v) is 15.4. The van der Waals surface area contributed by atoms with Gasteiger partial charge in [0.1, 0.15) is 11.4 Å². The number of aliphatic hydroxyl groups is 1. The minimum atomic E-state index is -1.17. The van der Waals surface area contributed by atoms with Gasteiger partial charge in [0.25, 0.3) is 0 Å². The number of methoxy groups -OCH3 is 1. The van der Waals surface area contributed by atoms with Gasteiger partial charge in [0.05, 0.1) is 7.11 Å². The van der Waals surface area contributed by atoms with Gasteiger partial charge in [-0.25, -0.2) is 0 Å². The summed E-state index contributed by atoms with van der Waals surface area (Å²) < 4.78 is 5.40. The fourth-order valence-corrected chi connectivity index (χ4v) is 5.04. The Balaban J connectivity index is 2.08. The highest BCUT2D eigenvalue weighted by Crippen LogP contribution is 2.52. The standard InChI is InChI=1S/C22H20O2S/c1-14-12-16(24-3)13-15(2)21(14)22(23)17-8-4-6-10-19(17)25-20-11-7-5-9-18(20)22/h4-13,23H,1-3H3. The van der Waals surface area contributed by atoms with Gasteiger partial charge >= 0.3 is 0 Å². The van der Waals surface area contributed by atoms with Gasteiger partial charge in [0.15, 0.2) is 0 Å². The highest BCUT2D eigenvalue weighted by atomic mass is 32.2. The molecule has 0 saturated heterocycles. The Morgan fingerprint density at radius 2 is 1.32 bits per heavy atom. The summed E-state index contributed by atoms with van der Waals surface area (Å²) in [5.41, 5.74) is 3.70. The second kappa shape index (κ2) is 5.94. The summed E-state index contributed by atoms with van der Waals surface area (Å²) in [7, 11) is 1.67. The predicted octanol–water partition coefficient (Wildman–Crippen LogP) is 5.06. The molecule has 0 unspecified atom stereocenters. The van der Waals surface area contributed by atoms with E-state index in [0.717, 1.165) is 43.4 Å². The Morgan fingerprint density at radius 1 is 0.840 bits per heavy atom. The maximum Gasteiger partial charge on any atom is 0.143 e. The molecule has 0 fully saturated rings. The van der Waals surface area contributed by atoms with Crippen LogP contribution < -0.4 is 4.74 Å². The van der Waals surface area contributed by atoms with Crippen LogP contribution in [0.5, 0.6) is 5.75 Å². The van der Waals surface area contributed by atoms with Crippen LogP contribution in [0.2, 0.25) is 0 Å². The van der Waals surface area contributed by atoms with Crippen molar-refractivity contribution in [1.82, 2.24) is 0 Å². The first-order valence-corrected chi connectivity index (χ1v) is 9.12. The molecule has 25 heavy (non-hydrogen) atoms. The average Bonchev–Trinajstić information content (AvgIpc) is 2.61.